The van der Waals surface area contributed by atoms with E-state index >= 15 is 0 Å². The number of methoxy groups -OCH3 is 1. The summed E-state index contributed by atoms with van der Waals surface area (Å²) in [6.45, 7) is 1.48. The summed E-state index contributed by atoms with van der Waals surface area (Å²) < 4.78 is 10.6. The minimum Gasteiger partial charge on any atom is -0.496 e. The van der Waals surface area contributed by atoms with Crippen molar-refractivity contribution in [2.45, 2.75) is 6.92 Å². The highest BCUT2D eigenvalue weighted by Gasteiger charge is 2.11. The molecule has 1 unspecified atom stereocenters. The molecule has 1 aromatic carbocycles. The minimum atomic E-state index is -0.0847. The number of carbonyl (C=O) groups excluding carboxylic acids is 1. The van der Waals surface area contributed by atoms with Crippen molar-refractivity contribution in [1.82, 2.24) is 0 Å². The summed E-state index contributed by atoms with van der Waals surface area (Å²) in [6, 6.07) is 5.45. The zero-order chi connectivity index (χ0) is 11.0. The Bertz CT molecular complexity index is 528. The standard InChI is InChI=1S/C11H11O3P/c1-6(12)9-5-8-10(13-2)3-7(15)4-11(8)14-9/h3-5H,15H2,1-2H3. The Kier molecular flexibility index (Phi) is 2.49. The van der Waals surface area contributed by atoms with E-state index in [4.69, 9.17) is 9.15 Å². The van der Waals surface area contributed by atoms with Crippen LogP contribution in [0.5, 0.6) is 5.75 Å². The van der Waals surface area contributed by atoms with Crippen LogP contribution in [0.2, 0.25) is 0 Å². The fourth-order valence-electron chi connectivity index (χ4n) is 1.47. The zero-order valence-electron chi connectivity index (χ0n) is 8.53. The molecule has 0 N–H and O–H groups in total. The third kappa shape index (κ3) is 1.75. The fourth-order valence-corrected chi connectivity index (χ4v) is 1.77. The normalized spacial score (nSPS) is 10.6. The SMILES string of the molecule is COc1cc(P)cc2oc(C(C)=O)cc12. The lowest BCUT2D eigenvalue weighted by Gasteiger charge is -2.01. The summed E-state index contributed by atoms with van der Waals surface area (Å²) in [6.07, 6.45) is 0. The van der Waals surface area contributed by atoms with Crippen LogP contribution in [-0.4, -0.2) is 12.9 Å². The van der Waals surface area contributed by atoms with Crippen LogP contribution >= 0.6 is 9.24 Å². The van der Waals surface area contributed by atoms with Gasteiger partial charge in [0.2, 0.25) is 0 Å². The largest absolute Gasteiger partial charge is 0.496 e. The van der Waals surface area contributed by atoms with E-state index in [9.17, 15) is 4.79 Å². The lowest BCUT2D eigenvalue weighted by molar-refractivity contribution is 0.0989. The number of hydrogen-bond acceptors (Lipinski definition) is 3. The quantitative estimate of drug-likeness (QED) is 0.577. The highest BCUT2D eigenvalue weighted by atomic mass is 31.0. The summed E-state index contributed by atoms with van der Waals surface area (Å²) in [5, 5.41) is 1.79. The van der Waals surface area contributed by atoms with E-state index in [0.29, 0.717) is 17.1 Å². The molecule has 0 aliphatic heterocycles. The smallest absolute Gasteiger partial charge is 0.194 e. The summed E-state index contributed by atoms with van der Waals surface area (Å²) >= 11 is 0. The third-order valence-corrected chi connectivity index (χ3v) is 2.52. The molecule has 0 bridgehead atoms. The second-order valence-corrected chi connectivity index (χ2v) is 3.97. The van der Waals surface area contributed by atoms with Gasteiger partial charge < -0.3 is 9.15 Å². The van der Waals surface area contributed by atoms with Crippen molar-refractivity contribution >= 4 is 31.3 Å². The molecule has 0 spiro atoms. The number of ether oxygens (including phenoxy) is 1. The number of hydrogen-bond donors (Lipinski definition) is 0. The van der Waals surface area contributed by atoms with Crippen molar-refractivity contribution in [3.63, 3.8) is 0 Å². The highest BCUT2D eigenvalue weighted by molar-refractivity contribution is 7.27. The van der Waals surface area contributed by atoms with Crippen LogP contribution in [0.15, 0.2) is 22.6 Å². The average Bonchev–Trinajstić information content (AvgIpc) is 2.59. The maximum Gasteiger partial charge on any atom is 0.194 e. The molecule has 2 rings (SSSR count). The fraction of sp³-hybridized carbons (Fsp3) is 0.182. The molecule has 1 aromatic heterocycles. The lowest BCUT2D eigenvalue weighted by atomic mass is 10.2. The number of furan rings is 1. The highest BCUT2D eigenvalue weighted by Crippen LogP contribution is 2.28. The van der Waals surface area contributed by atoms with Gasteiger partial charge in [0.25, 0.3) is 0 Å². The zero-order valence-corrected chi connectivity index (χ0v) is 9.69. The number of ketones is 1. The second-order valence-electron chi connectivity index (χ2n) is 3.30. The first-order chi connectivity index (χ1) is 7.11. The predicted octanol–water partition coefficient (Wildman–Crippen LogP) is 2.14. The molecule has 0 radical (unpaired) electrons. The number of Topliss-reactive ketones (excluding diaryl/α,β-unsaturated/α-hetero) is 1. The van der Waals surface area contributed by atoms with E-state index in [2.05, 4.69) is 9.24 Å². The third-order valence-electron chi connectivity index (χ3n) is 2.19. The molecule has 15 heavy (non-hydrogen) atoms. The van der Waals surface area contributed by atoms with Gasteiger partial charge in [-0.05, 0) is 23.5 Å². The van der Waals surface area contributed by atoms with E-state index in [-0.39, 0.29) is 5.78 Å². The molecule has 3 nitrogen and oxygen atoms in total. The Morgan fingerprint density at radius 3 is 2.73 bits per heavy atom. The van der Waals surface area contributed by atoms with Crippen LogP contribution in [0.1, 0.15) is 17.5 Å². The first kappa shape index (κ1) is 10.2. The van der Waals surface area contributed by atoms with Crippen LogP contribution in [-0.2, 0) is 0 Å². The first-order valence-electron chi connectivity index (χ1n) is 4.50. The number of rotatable bonds is 2. The Morgan fingerprint density at radius 2 is 2.13 bits per heavy atom. The Balaban J connectivity index is 2.74. The molecule has 0 amide bonds. The number of benzene rings is 1. The summed E-state index contributed by atoms with van der Waals surface area (Å²) in [5.74, 6) is 0.992. The van der Waals surface area contributed by atoms with Crippen LogP contribution in [0, 0.1) is 0 Å². The van der Waals surface area contributed by atoms with Crippen LogP contribution in [0.4, 0.5) is 0 Å². The molecule has 0 fully saturated rings. The van der Waals surface area contributed by atoms with Gasteiger partial charge >= 0.3 is 0 Å². The van der Waals surface area contributed by atoms with Crippen molar-refractivity contribution in [3.05, 3.63) is 24.0 Å². The van der Waals surface area contributed by atoms with Gasteiger partial charge in [0.15, 0.2) is 11.5 Å². The Hall–Kier alpha value is -1.34. The number of carbonyl (C=O) groups is 1. The Morgan fingerprint density at radius 1 is 1.40 bits per heavy atom. The van der Waals surface area contributed by atoms with Gasteiger partial charge in [0.05, 0.1) is 12.5 Å². The molecule has 1 heterocycles. The predicted molar refractivity (Wildman–Crippen MR) is 62.1 cm³/mol. The summed E-state index contributed by atoms with van der Waals surface area (Å²) in [5.41, 5.74) is 0.671. The van der Waals surface area contributed by atoms with E-state index in [1.54, 1.807) is 13.2 Å². The maximum absolute atomic E-state index is 11.2. The second kappa shape index (κ2) is 3.67. The van der Waals surface area contributed by atoms with Crippen LogP contribution in [0.25, 0.3) is 11.0 Å². The Labute approximate surface area is 89.6 Å². The van der Waals surface area contributed by atoms with Crippen molar-refractivity contribution in [3.8, 4) is 5.75 Å². The lowest BCUT2D eigenvalue weighted by Crippen LogP contribution is -1.92. The van der Waals surface area contributed by atoms with Gasteiger partial charge in [-0.25, -0.2) is 0 Å². The van der Waals surface area contributed by atoms with Crippen molar-refractivity contribution in [2.75, 3.05) is 7.11 Å². The van der Waals surface area contributed by atoms with E-state index < -0.39 is 0 Å². The summed E-state index contributed by atoms with van der Waals surface area (Å²) in [4.78, 5) is 11.2. The van der Waals surface area contributed by atoms with Crippen LogP contribution in [0.3, 0.4) is 0 Å². The molecular weight excluding hydrogens is 211 g/mol. The topological polar surface area (TPSA) is 39.4 Å². The molecule has 78 valence electrons. The van der Waals surface area contributed by atoms with Gasteiger partial charge in [0.1, 0.15) is 11.3 Å². The maximum atomic E-state index is 11.2. The number of fused-ring (bicyclic) bond motifs is 1. The molecule has 0 saturated heterocycles. The van der Waals surface area contributed by atoms with E-state index in [1.165, 1.54) is 6.92 Å². The minimum absolute atomic E-state index is 0.0847. The van der Waals surface area contributed by atoms with Crippen molar-refractivity contribution in [1.29, 1.82) is 0 Å². The molecule has 2 aromatic rings. The van der Waals surface area contributed by atoms with Gasteiger partial charge in [-0.1, -0.05) is 0 Å². The first-order valence-corrected chi connectivity index (χ1v) is 5.07. The molecule has 4 heteroatoms. The van der Waals surface area contributed by atoms with Gasteiger partial charge in [0, 0.05) is 6.92 Å². The van der Waals surface area contributed by atoms with Gasteiger partial charge in [-0.3, -0.25) is 4.79 Å². The van der Waals surface area contributed by atoms with Crippen molar-refractivity contribution in [2.24, 2.45) is 0 Å². The van der Waals surface area contributed by atoms with Gasteiger partial charge in [-0.2, -0.15) is 0 Å². The van der Waals surface area contributed by atoms with Crippen molar-refractivity contribution < 1.29 is 13.9 Å². The molecule has 0 aliphatic rings. The molecular formula is C11H11O3P. The monoisotopic (exact) mass is 222 g/mol. The van der Waals surface area contributed by atoms with E-state index in [1.807, 2.05) is 12.1 Å². The molecule has 0 saturated carbocycles. The summed E-state index contributed by atoms with van der Waals surface area (Å²) in [7, 11) is 4.17. The van der Waals surface area contributed by atoms with Gasteiger partial charge in [-0.15, -0.1) is 9.24 Å². The molecule has 0 aliphatic carbocycles. The van der Waals surface area contributed by atoms with Crippen LogP contribution < -0.4 is 10.0 Å². The van der Waals surface area contributed by atoms with E-state index in [0.717, 1.165) is 10.7 Å². The average molecular weight is 222 g/mol. The molecule has 1 atom stereocenters.